The second kappa shape index (κ2) is 7.42. The van der Waals surface area contributed by atoms with Crippen LogP contribution >= 0.6 is 0 Å². The maximum Gasteiger partial charge on any atom is 0.0716 e. The van der Waals surface area contributed by atoms with Crippen LogP contribution in [0, 0.1) is 5.92 Å². The van der Waals surface area contributed by atoms with E-state index < -0.39 is 0 Å². The van der Waals surface area contributed by atoms with Crippen LogP contribution < -0.4 is 5.32 Å². The molecule has 16 heavy (non-hydrogen) atoms. The second-order valence-electron chi connectivity index (χ2n) is 4.48. The zero-order valence-corrected chi connectivity index (χ0v) is 10.6. The van der Waals surface area contributed by atoms with Crippen LogP contribution in [0.4, 0.5) is 0 Å². The van der Waals surface area contributed by atoms with Gasteiger partial charge in [0.25, 0.3) is 0 Å². The van der Waals surface area contributed by atoms with Gasteiger partial charge in [0.05, 0.1) is 6.61 Å². The van der Waals surface area contributed by atoms with Crippen LogP contribution in [0.3, 0.4) is 0 Å². The molecule has 0 radical (unpaired) electrons. The van der Waals surface area contributed by atoms with E-state index in [2.05, 4.69) is 43.4 Å². The molecule has 2 nitrogen and oxygen atoms in total. The Bertz CT molecular complexity index is 297. The van der Waals surface area contributed by atoms with Gasteiger partial charge in [0.15, 0.2) is 0 Å². The molecule has 90 valence electrons. The summed E-state index contributed by atoms with van der Waals surface area (Å²) in [6.07, 6.45) is 0. The number of hydrogen-bond acceptors (Lipinski definition) is 2. The first-order valence-corrected chi connectivity index (χ1v) is 6.08. The lowest BCUT2D eigenvalue weighted by Gasteiger charge is -2.09. The van der Waals surface area contributed by atoms with E-state index in [9.17, 15) is 0 Å². The largest absolute Gasteiger partial charge is 0.377 e. The zero-order chi connectivity index (χ0) is 11.8. The average molecular weight is 221 g/mol. The van der Waals surface area contributed by atoms with Crippen molar-refractivity contribution in [1.29, 1.82) is 0 Å². The first-order valence-electron chi connectivity index (χ1n) is 6.08. The monoisotopic (exact) mass is 221 g/mol. The molecule has 0 saturated carbocycles. The molecule has 1 aromatic rings. The molecule has 0 aliphatic rings. The molecule has 0 bridgehead atoms. The molecule has 1 aromatic carbocycles. The van der Waals surface area contributed by atoms with E-state index in [0.29, 0.717) is 12.5 Å². The molecule has 0 spiro atoms. The highest BCUT2D eigenvalue weighted by molar-refractivity contribution is 5.22. The molecule has 2 heteroatoms. The summed E-state index contributed by atoms with van der Waals surface area (Å²) in [5, 5.41) is 3.44. The fraction of sp³-hybridized carbons (Fsp3) is 0.571. The Kier molecular flexibility index (Phi) is 6.12. The summed E-state index contributed by atoms with van der Waals surface area (Å²) in [7, 11) is 0. The van der Waals surface area contributed by atoms with Gasteiger partial charge in [0.1, 0.15) is 0 Å². The van der Waals surface area contributed by atoms with Gasteiger partial charge >= 0.3 is 0 Å². The van der Waals surface area contributed by atoms with Crippen molar-refractivity contribution in [2.24, 2.45) is 5.92 Å². The molecule has 1 rings (SSSR count). The van der Waals surface area contributed by atoms with Crippen LogP contribution in [0.1, 0.15) is 31.9 Å². The van der Waals surface area contributed by atoms with Gasteiger partial charge in [-0.05, 0) is 30.5 Å². The smallest absolute Gasteiger partial charge is 0.0716 e. The van der Waals surface area contributed by atoms with Crippen LogP contribution in [0.5, 0.6) is 0 Å². The van der Waals surface area contributed by atoms with Crippen molar-refractivity contribution < 1.29 is 4.74 Å². The van der Waals surface area contributed by atoms with E-state index in [1.165, 1.54) is 11.1 Å². The van der Waals surface area contributed by atoms with Crippen molar-refractivity contribution in [3.63, 3.8) is 0 Å². The van der Waals surface area contributed by atoms with Crippen LogP contribution in [-0.2, 0) is 17.9 Å². The van der Waals surface area contributed by atoms with Crippen molar-refractivity contribution in [1.82, 2.24) is 5.32 Å². The molecule has 0 saturated heterocycles. The van der Waals surface area contributed by atoms with Gasteiger partial charge in [-0.1, -0.05) is 38.1 Å². The van der Waals surface area contributed by atoms with Gasteiger partial charge < -0.3 is 10.1 Å². The normalized spacial score (nSPS) is 11.0. The Balaban J connectivity index is 2.40. The first-order chi connectivity index (χ1) is 7.72. The number of rotatable bonds is 7. The van der Waals surface area contributed by atoms with Crippen LogP contribution in [-0.4, -0.2) is 13.2 Å². The second-order valence-corrected chi connectivity index (χ2v) is 4.48. The van der Waals surface area contributed by atoms with E-state index in [1.807, 2.05) is 6.92 Å². The van der Waals surface area contributed by atoms with Gasteiger partial charge in [0.2, 0.25) is 0 Å². The molecule has 0 fully saturated rings. The first kappa shape index (κ1) is 13.2. The number of hydrogen-bond donors (Lipinski definition) is 1. The molecular formula is C14H23NO. The maximum atomic E-state index is 5.40. The summed E-state index contributed by atoms with van der Waals surface area (Å²) in [6.45, 7) is 9.96. The predicted octanol–water partition coefficient (Wildman–Crippen LogP) is 2.97. The van der Waals surface area contributed by atoms with Crippen molar-refractivity contribution in [2.75, 3.05) is 13.2 Å². The standard InChI is InChI=1S/C14H23NO/c1-4-16-11-14-7-5-6-13(8-14)10-15-9-12(2)3/h5-8,12,15H,4,9-11H2,1-3H3. The Morgan fingerprint density at radius 3 is 2.69 bits per heavy atom. The van der Waals surface area contributed by atoms with E-state index >= 15 is 0 Å². The van der Waals surface area contributed by atoms with Gasteiger partial charge in [-0.15, -0.1) is 0 Å². The molecule has 0 atom stereocenters. The van der Waals surface area contributed by atoms with E-state index in [0.717, 1.165) is 19.7 Å². The van der Waals surface area contributed by atoms with Gasteiger partial charge in [-0.2, -0.15) is 0 Å². The van der Waals surface area contributed by atoms with Gasteiger partial charge in [-0.25, -0.2) is 0 Å². The lowest BCUT2D eigenvalue weighted by atomic mass is 10.1. The Hall–Kier alpha value is -0.860. The molecule has 0 unspecified atom stereocenters. The Labute approximate surface area is 99.0 Å². The summed E-state index contributed by atoms with van der Waals surface area (Å²) in [6, 6.07) is 8.58. The van der Waals surface area contributed by atoms with E-state index in [1.54, 1.807) is 0 Å². The third-order valence-electron chi connectivity index (χ3n) is 2.35. The number of ether oxygens (including phenoxy) is 1. The summed E-state index contributed by atoms with van der Waals surface area (Å²) in [5.41, 5.74) is 2.59. The van der Waals surface area contributed by atoms with E-state index in [4.69, 9.17) is 4.74 Å². The quantitative estimate of drug-likeness (QED) is 0.764. The van der Waals surface area contributed by atoms with Crippen molar-refractivity contribution >= 4 is 0 Å². The fourth-order valence-electron chi connectivity index (χ4n) is 1.55. The summed E-state index contributed by atoms with van der Waals surface area (Å²) < 4.78 is 5.40. The highest BCUT2D eigenvalue weighted by atomic mass is 16.5. The molecule has 0 aromatic heterocycles. The summed E-state index contributed by atoms with van der Waals surface area (Å²) >= 11 is 0. The van der Waals surface area contributed by atoms with E-state index in [-0.39, 0.29) is 0 Å². The third-order valence-corrected chi connectivity index (χ3v) is 2.35. The minimum absolute atomic E-state index is 0.701. The molecule has 0 aliphatic heterocycles. The van der Waals surface area contributed by atoms with Crippen molar-refractivity contribution in [2.45, 2.75) is 33.9 Å². The van der Waals surface area contributed by atoms with Gasteiger partial charge in [0, 0.05) is 13.2 Å². The van der Waals surface area contributed by atoms with Crippen LogP contribution in [0.25, 0.3) is 0 Å². The summed E-state index contributed by atoms with van der Waals surface area (Å²) in [4.78, 5) is 0. The highest BCUT2D eigenvalue weighted by Gasteiger charge is 1.97. The number of nitrogens with one attached hydrogen (secondary N) is 1. The van der Waals surface area contributed by atoms with Crippen LogP contribution in [0.2, 0.25) is 0 Å². The minimum atomic E-state index is 0.701. The fourth-order valence-corrected chi connectivity index (χ4v) is 1.55. The average Bonchev–Trinajstić information content (AvgIpc) is 2.26. The number of benzene rings is 1. The molecule has 0 amide bonds. The molecule has 0 heterocycles. The van der Waals surface area contributed by atoms with Gasteiger partial charge in [-0.3, -0.25) is 0 Å². The van der Waals surface area contributed by atoms with Crippen LogP contribution in [0.15, 0.2) is 24.3 Å². The molecule has 1 N–H and O–H groups in total. The minimum Gasteiger partial charge on any atom is -0.377 e. The lowest BCUT2D eigenvalue weighted by Crippen LogP contribution is -2.18. The maximum absolute atomic E-state index is 5.40. The molecule has 0 aliphatic carbocycles. The van der Waals surface area contributed by atoms with Crippen molar-refractivity contribution in [3.05, 3.63) is 35.4 Å². The zero-order valence-electron chi connectivity index (χ0n) is 10.6. The lowest BCUT2D eigenvalue weighted by molar-refractivity contribution is 0.134. The third kappa shape index (κ3) is 5.29. The Morgan fingerprint density at radius 1 is 1.25 bits per heavy atom. The topological polar surface area (TPSA) is 21.3 Å². The summed E-state index contributed by atoms with van der Waals surface area (Å²) in [5.74, 6) is 0.701. The SMILES string of the molecule is CCOCc1cccc(CNCC(C)C)c1. The van der Waals surface area contributed by atoms with Crippen molar-refractivity contribution in [3.8, 4) is 0 Å². The Morgan fingerprint density at radius 2 is 2.00 bits per heavy atom. The molecular weight excluding hydrogens is 198 g/mol. The predicted molar refractivity (Wildman–Crippen MR) is 68.3 cm³/mol. The highest BCUT2D eigenvalue weighted by Crippen LogP contribution is 2.06.